The number of hydrogen-bond donors (Lipinski definition) is 1. The van der Waals surface area contributed by atoms with Crippen molar-refractivity contribution >= 4 is 17.5 Å². The Morgan fingerprint density at radius 2 is 1.86 bits per heavy atom. The van der Waals surface area contributed by atoms with Crippen LogP contribution in [0.4, 0.5) is 4.39 Å². The van der Waals surface area contributed by atoms with E-state index in [1.54, 1.807) is 12.1 Å². The zero-order valence-corrected chi connectivity index (χ0v) is 18.5. The summed E-state index contributed by atoms with van der Waals surface area (Å²) < 4.78 is 17.4. The number of ketones is 1. The minimum Gasteiger partial charge on any atom is -0.351 e. The fourth-order valence-corrected chi connectivity index (χ4v) is 3.93. The highest BCUT2D eigenvalue weighted by Crippen LogP contribution is 2.26. The molecule has 0 saturated carbocycles. The molecule has 29 heavy (non-hydrogen) atoms. The van der Waals surface area contributed by atoms with Crippen LogP contribution in [0, 0.1) is 19.7 Å². The fraction of sp³-hybridized carbons (Fsp3) is 0.381. The van der Waals surface area contributed by atoms with Crippen molar-refractivity contribution < 1.29 is 14.1 Å². The number of benzene rings is 1. The van der Waals surface area contributed by atoms with E-state index >= 15 is 0 Å². The van der Waals surface area contributed by atoms with Gasteiger partial charge in [-0.05, 0) is 51.1 Å². The monoisotopic (exact) mass is 416 g/mol. The number of nitrogens with zero attached hydrogens (tertiary/aromatic N) is 4. The van der Waals surface area contributed by atoms with Crippen LogP contribution in [-0.4, -0.2) is 45.0 Å². The maximum absolute atomic E-state index is 13.4. The molecule has 0 unspecified atom stereocenters. The fourth-order valence-electron chi connectivity index (χ4n) is 3.09. The minimum atomic E-state index is -0.297. The molecule has 0 amide bonds. The minimum absolute atomic E-state index is 0.0534. The van der Waals surface area contributed by atoms with Gasteiger partial charge in [0.15, 0.2) is 16.8 Å². The van der Waals surface area contributed by atoms with Crippen LogP contribution in [0.1, 0.15) is 40.5 Å². The van der Waals surface area contributed by atoms with Crippen LogP contribution in [0.15, 0.2) is 35.5 Å². The van der Waals surface area contributed by atoms with Gasteiger partial charge in [0.05, 0.1) is 19.8 Å². The van der Waals surface area contributed by atoms with E-state index < -0.39 is 0 Å². The maximum atomic E-state index is 13.4. The molecule has 2 heterocycles. The highest BCUT2D eigenvalue weighted by molar-refractivity contribution is 7.99. The van der Waals surface area contributed by atoms with E-state index in [1.165, 1.54) is 28.8 Å². The Bertz CT molecular complexity index is 1020. The van der Waals surface area contributed by atoms with Crippen molar-refractivity contribution in [2.75, 3.05) is 19.8 Å². The number of rotatable bonds is 7. The Balaban J connectivity index is 1.91. The number of Topliss-reactive ketones (excluding diaryl/α,β-unsaturated/α-hetero) is 1. The Morgan fingerprint density at radius 1 is 1.21 bits per heavy atom. The van der Waals surface area contributed by atoms with Gasteiger partial charge in [0, 0.05) is 29.7 Å². The molecule has 8 heteroatoms. The summed E-state index contributed by atoms with van der Waals surface area (Å²) in [5.74, 6) is 0.789. The number of nitrogens with one attached hydrogen (secondary N) is 1. The molecule has 0 spiro atoms. The first kappa shape index (κ1) is 21.3. The Kier molecular flexibility index (Phi) is 6.24. The van der Waals surface area contributed by atoms with Gasteiger partial charge in [-0.1, -0.05) is 11.8 Å². The highest BCUT2D eigenvalue weighted by Gasteiger charge is 2.24. The number of halogens is 1. The van der Waals surface area contributed by atoms with Crippen LogP contribution in [0.25, 0.3) is 5.69 Å². The molecular weight excluding hydrogens is 389 g/mol. The Labute approximate surface area is 174 Å². The van der Waals surface area contributed by atoms with E-state index in [9.17, 15) is 9.18 Å². The molecule has 0 fully saturated rings. The molecule has 1 atom stereocenters. The van der Waals surface area contributed by atoms with E-state index in [0.29, 0.717) is 5.16 Å². The molecular formula is C21H27FN5OS+. The van der Waals surface area contributed by atoms with Gasteiger partial charge in [0.25, 0.3) is 0 Å². The second-order valence-corrected chi connectivity index (χ2v) is 8.45. The molecule has 2 aromatic heterocycles. The smallest absolute Gasteiger partial charge is 0.196 e. The van der Waals surface area contributed by atoms with Gasteiger partial charge in [-0.3, -0.25) is 9.36 Å². The summed E-state index contributed by atoms with van der Waals surface area (Å²) >= 11 is 1.35. The third kappa shape index (κ3) is 4.28. The lowest BCUT2D eigenvalue weighted by molar-refractivity contribution is -0.890. The lowest BCUT2D eigenvalue weighted by atomic mass is 10.2. The molecule has 0 bridgehead atoms. The van der Waals surface area contributed by atoms with Crippen LogP contribution in [-0.2, 0) is 7.05 Å². The van der Waals surface area contributed by atoms with E-state index in [1.807, 2.05) is 50.2 Å². The summed E-state index contributed by atoms with van der Waals surface area (Å²) in [6, 6.07) is 8.25. The van der Waals surface area contributed by atoms with Gasteiger partial charge < -0.3 is 9.47 Å². The summed E-state index contributed by atoms with van der Waals surface area (Å²) in [6.07, 6.45) is 0. The van der Waals surface area contributed by atoms with Gasteiger partial charge >= 0.3 is 0 Å². The summed E-state index contributed by atoms with van der Waals surface area (Å²) in [5.41, 5.74) is 3.52. The van der Waals surface area contributed by atoms with Gasteiger partial charge in [-0.2, -0.15) is 0 Å². The molecule has 1 N–H and O–H groups in total. The van der Waals surface area contributed by atoms with Crippen LogP contribution in [0.3, 0.4) is 0 Å². The van der Waals surface area contributed by atoms with E-state index in [2.05, 4.69) is 17.1 Å². The number of hydrogen-bond acceptors (Lipinski definition) is 4. The number of thioether (sulfide) groups is 1. The van der Waals surface area contributed by atoms with E-state index in [-0.39, 0.29) is 23.4 Å². The van der Waals surface area contributed by atoms with Crippen LogP contribution in [0.5, 0.6) is 0 Å². The number of aryl methyl sites for hydroxylation is 1. The van der Waals surface area contributed by atoms with Crippen molar-refractivity contribution in [1.82, 2.24) is 19.3 Å². The van der Waals surface area contributed by atoms with E-state index in [4.69, 9.17) is 0 Å². The zero-order valence-electron chi connectivity index (χ0n) is 17.7. The second kappa shape index (κ2) is 8.51. The Hall–Kier alpha value is -2.45. The van der Waals surface area contributed by atoms with Crippen molar-refractivity contribution in [3.8, 4) is 5.69 Å². The molecule has 0 aliphatic rings. The molecule has 0 radical (unpaired) electrons. The predicted octanol–water partition coefficient (Wildman–Crippen LogP) is 2.54. The van der Waals surface area contributed by atoms with Crippen molar-refractivity contribution in [3.63, 3.8) is 0 Å². The molecule has 6 nitrogen and oxygen atoms in total. The standard InChI is InChI=1S/C21H26FN5OS/c1-13-11-18(14(2)26(13)6)19(28)12-29-21-24-23-20(15(3)25(4)5)27(21)17-9-7-16(22)8-10-17/h7-11,15H,12H2,1-6H3/p+1/t15-/m0/s1. The van der Waals surface area contributed by atoms with Crippen molar-refractivity contribution in [1.29, 1.82) is 0 Å². The average molecular weight is 417 g/mol. The van der Waals surface area contributed by atoms with Crippen LogP contribution >= 0.6 is 11.8 Å². The van der Waals surface area contributed by atoms with Gasteiger partial charge in [0.1, 0.15) is 11.9 Å². The summed E-state index contributed by atoms with van der Waals surface area (Å²) in [6.45, 7) is 6.00. The molecule has 0 aliphatic heterocycles. The molecule has 154 valence electrons. The predicted molar refractivity (Wildman–Crippen MR) is 112 cm³/mol. The van der Waals surface area contributed by atoms with Crippen LogP contribution in [0.2, 0.25) is 0 Å². The summed E-state index contributed by atoms with van der Waals surface area (Å²) in [4.78, 5) is 14.0. The number of carbonyl (C=O) groups is 1. The second-order valence-electron chi connectivity index (χ2n) is 7.51. The molecule has 3 rings (SSSR count). The van der Waals surface area contributed by atoms with E-state index in [0.717, 1.165) is 28.5 Å². The molecule has 1 aromatic carbocycles. The van der Waals surface area contributed by atoms with Crippen molar-refractivity contribution in [2.24, 2.45) is 7.05 Å². The normalized spacial score (nSPS) is 12.6. The topological polar surface area (TPSA) is 57.1 Å². The first-order valence-electron chi connectivity index (χ1n) is 9.51. The molecule has 0 saturated heterocycles. The number of quaternary nitrogens is 1. The third-order valence-electron chi connectivity index (χ3n) is 5.40. The summed E-state index contributed by atoms with van der Waals surface area (Å²) in [5, 5.41) is 9.35. The Morgan fingerprint density at radius 3 is 2.41 bits per heavy atom. The third-order valence-corrected chi connectivity index (χ3v) is 6.33. The maximum Gasteiger partial charge on any atom is 0.196 e. The quantitative estimate of drug-likeness (QED) is 0.475. The lowest BCUT2D eigenvalue weighted by Crippen LogP contribution is -3.05. The average Bonchev–Trinajstić information content (AvgIpc) is 3.22. The molecule has 3 aromatic rings. The SMILES string of the molecule is Cc1cc(C(=O)CSc2nnc([C@H](C)[NH+](C)C)n2-c2ccc(F)cc2)c(C)n1C. The first-order chi connectivity index (χ1) is 13.7. The van der Waals surface area contributed by atoms with Crippen LogP contribution < -0.4 is 4.90 Å². The molecule has 0 aliphatic carbocycles. The first-order valence-corrected chi connectivity index (χ1v) is 10.5. The number of carbonyl (C=O) groups excluding carboxylic acids is 1. The number of aromatic nitrogens is 4. The largest absolute Gasteiger partial charge is 0.351 e. The van der Waals surface area contributed by atoms with Crippen molar-refractivity contribution in [2.45, 2.75) is 32.0 Å². The van der Waals surface area contributed by atoms with Crippen molar-refractivity contribution in [3.05, 3.63) is 58.9 Å². The van der Waals surface area contributed by atoms with Gasteiger partial charge in [-0.25, -0.2) is 4.39 Å². The van der Waals surface area contributed by atoms with Gasteiger partial charge in [0.2, 0.25) is 0 Å². The highest BCUT2D eigenvalue weighted by atomic mass is 32.2. The summed E-state index contributed by atoms with van der Waals surface area (Å²) in [7, 11) is 6.05. The van der Waals surface area contributed by atoms with Gasteiger partial charge in [-0.15, -0.1) is 10.2 Å². The zero-order chi connectivity index (χ0) is 21.3. The lowest BCUT2D eigenvalue weighted by Gasteiger charge is -2.18.